The highest BCUT2D eigenvalue weighted by Gasteiger charge is 2.14. The van der Waals surface area contributed by atoms with Gasteiger partial charge in [-0.3, -0.25) is 14.9 Å². The fourth-order valence-electron chi connectivity index (χ4n) is 3.50. The van der Waals surface area contributed by atoms with E-state index in [0.29, 0.717) is 22.4 Å². The summed E-state index contributed by atoms with van der Waals surface area (Å²) in [5, 5.41) is 25.3. The van der Waals surface area contributed by atoms with Gasteiger partial charge in [-0.25, -0.2) is 0 Å². The number of halogens is 2. The summed E-state index contributed by atoms with van der Waals surface area (Å²) in [6.45, 7) is 0.379. The molecule has 0 saturated heterocycles. The molecule has 0 aliphatic heterocycles. The standard InChI is InChI=1S/C27H17BrIN3O4/c28-24-12-18(11-21(15-30)27(33)31-22-6-3-7-23(14-22)32(34)35)13-25(29)26(24)36-16-17-8-9-19-4-1-2-5-20(19)10-17/h1-14H,16H2,(H,31,33)/b21-11+. The number of nitro groups is 1. The van der Waals surface area contributed by atoms with Crippen molar-refractivity contribution in [2.24, 2.45) is 0 Å². The largest absolute Gasteiger partial charge is 0.487 e. The van der Waals surface area contributed by atoms with E-state index in [1.54, 1.807) is 12.1 Å². The molecule has 1 amide bonds. The number of nitro benzene ring substituents is 1. The Hall–Kier alpha value is -3.75. The number of hydrogen-bond donors (Lipinski definition) is 1. The zero-order valence-corrected chi connectivity index (χ0v) is 22.3. The summed E-state index contributed by atoms with van der Waals surface area (Å²) < 4.78 is 7.55. The minimum absolute atomic E-state index is 0.144. The molecular weight excluding hydrogens is 637 g/mol. The van der Waals surface area contributed by atoms with Gasteiger partial charge in [0.15, 0.2) is 0 Å². The highest BCUT2D eigenvalue weighted by atomic mass is 127. The summed E-state index contributed by atoms with van der Waals surface area (Å²) in [4.78, 5) is 23.0. The number of hydrogen-bond acceptors (Lipinski definition) is 5. The lowest BCUT2D eigenvalue weighted by atomic mass is 10.1. The van der Waals surface area contributed by atoms with E-state index in [1.165, 1.54) is 30.3 Å². The van der Waals surface area contributed by atoms with Crippen LogP contribution in [-0.2, 0) is 11.4 Å². The molecule has 0 fully saturated rings. The predicted molar refractivity (Wildman–Crippen MR) is 150 cm³/mol. The molecule has 0 heterocycles. The Bertz CT molecular complexity index is 1540. The molecule has 0 spiro atoms. The maximum atomic E-state index is 12.6. The lowest BCUT2D eigenvalue weighted by molar-refractivity contribution is -0.384. The van der Waals surface area contributed by atoms with Crippen molar-refractivity contribution in [3.05, 3.63) is 114 Å². The van der Waals surface area contributed by atoms with E-state index in [2.05, 4.69) is 68.1 Å². The molecule has 0 unspecified atom stereocenters. The topological polar surface area (TPSA) is 105 Å². The van der Waals surface area contributed by atoms with Crippen LogP contribution in [0.15, 0.2) is 88.9 Å². The van der Waals surface area contributed by atoms with Gasteiger partial charge in [0.25, 0.3) is 11.6 Å². The van der Waals surface area contributed by atoms with Crippen LogP contribution in [-0.4, -0.2) is 10.8 Å². The van der Waals surface area contributed by atoms with Gasteiger partial charge in [-0.05, 0) is 90.8 Å². The lowest BCUT2D eigenvalue weighted by Gasteiger charge is -2.12. The zero-order valence-electron chi connectivity index (χ0n) is 18.6. The number of ether oxygens (including phenoxy) is 1. The van der Waals surface area contributed by atoms with E-state index in [-0.39, 0.29) is 16.9 Å². The molecule has 0 aliphatic rings. The molecule has 36 heavy (non-hydrogen) atoms. The first-order valence-electron chi connectivity index (χ1n) is 10.6. The SMILES string of the molecule is N#C/C(=C\c1cc(Br)c(OCc2ccc3ccccc3c2)c(I)c1)C(=O)Nc1cccc([N+](=O)[O-])c1. The molecule has 9 heteroatoms. The van der Waals surface area contributed by atoms with Crippen LogP contribution in [0.3, 0.4) is 0 Å². The number of benzene rings is 4. The molecule has 0 aliphatic carbocycles. The molecule has 0 saturated carbocycles. The van der Waals surface area contributed by atoms with Crippen molar-refractivity contribution in [1.29, 1.82) is 5.26 Å². The first kappa shape index (κ1) is 25.3. The molecule has 0 aromatic heterocycles. The van der Waals surface area contributed by atoms with Gasteiger partial charge in [-0.2, -0.15) is 5.26 Å². The second kappa shape index (κ2) is 11.3. The van der Waals surface area contributed by atoms with E-state index >= 15 is 0 Å². The van der Waals surface area contributed by atoms with Crippen LogP contribution < -0.4 is 10.1 Å². The van der Waals surface area contributed by atoms with Crippen LogP contribution in [0, 0.1) is 25.0 Å². The van der Waals surface area contributed by atoms with Crippen LogP contribution in [0.2, 0.25) is 0 Å². The molecular formula is C27H17BrIN3O4. The predicted octanol–water partition coefficient (Wildman–Crippen LogP) is 7.24. The Kier molecular flexibility index (Phi) is 7.97. The molecule has 0 radical (unpaired) electrons. The van der Waals surface area contributed by atoms with Crippen molar-refractivity contribution >= 4 is 72.7 Å². The third-order valence-corrected chi connectivity index (χ3v) is 6.60. The van der Waals surface area contributed by atoms with E-state index in [0.717, 1.165) is 19.9 Å². The van der Waals surface area contributed by atoms with E-state index < -0.39 is 10.8 Å². The van der Waals surface area contributed by atoms with Crippen LogP contribution in [0.5, 0.6) is 5.75 Å². The monoisotopic (exact) mass is 653 g/mol. The smallest absolute Gasteiger partial charge is 0.271 e. The van der Waals surface area contributed by atoms with Gasteiger partial charge in [0.2, 0.25) is 0 Å². The average molecular weight is 654 g/mol. The number of amides is 1. The van der Waals surface area contributed by atoms with Crippen LogP contribution in [0.25, 0.3) is 16.8 Å². The third kappa shape index (κ3) is 6.08. The number of fused-ring (bicyclic) bond motifs is 1. The van der Waals surface area contributed by atoms with Crippen molar-refractivity contribution in [3.8, 4) is 11.8 Å². The minimum Gasteiger partial charge on any atom is -0.487 e. The normalized spacial score (nSPS) is 11.1. The number of nitrogens with one attached hydrogen (secondary N) is 1. The Balaban J connectivity index is 1.50. The first-order valence-corrected chi connectivity index (χ1v) is 12.5. The van der Waals surface area contributed by atoms with Crippen molar-refractivity contribution in [1.82, 2.24) is 0 Å². The molecule has 1 N–H and O–H groups in total. The lowest BCUT2D eigenvalue weighted by Crippen LogP contribution is -2.13. The van der Waals surface area contributed by atoms with E-state index in [1.807, 2.05) is 24.3 Å². The molecule has 0 bridgehead atoms. The Morgan fingerprint density at radius 3 is 2.58 bits per heavy atom. The molecule has 7 nitrogen and oxygen atoms in total. The van der Waals surface area contributed by atoms with E-state index in [4.69, 9.17) is 4.74 Å². The van der Waals surface area contributed by atoms with Gasteiger partial charge in [-0.15, -0.1) is 0 Å². The van der Waals surface area contributed by atoms with Crippen LogP contribution in [0.4, 0.5) is 11.4 Å². The van der Waals surface area contributed by atoms with Crippen molar-refractivity contribution in [2.75, 3.05) is 5.32 Å². The molecule has 178 valence electrons. The Morgan fingerprint density at radius 1 is 1.08 bits per heavy atom. The minimum atomic E-state index is -0.666. The van der Waals surface area contributed by atoms with Gasteiger partial charge in [0.05, 0.1) is 13.0 Å². The van der Waals surface area contributed by atoms with E-state index in [9.17, 15) is 20.2 Å². The quantitative estimate of drug-likeness (QED) is 0.0744. The van der Waals surface area contributed by atoms with Gasteiger partial charge in [0, 0.05) is 17.8 Å². The highest BCUT2D eigenvalue weighted by molar-refractivity contribution is 14.1. The number of non-ortho nitro benzene ring substituents is 1. The highest BCUT2D eigenvalue weighted by Crippen LogP contribution is 2.33. The average Bonchev–Trinajstić information content (AvgIpc) is 2.86. The number of nitrogens with zero attached hydrogens (tertiary/aromatic N) is 2. The first-order chi connectivity index (χ1) is 17.3. The van der Waals surface area contributed by atoms with Gasteiger partial charge >= 0.3 is 0 Å². The maximum Gasteiger partial charge on any atom is 0.271 e. The van der Waals surface area contributed by atoms with Gasteiger partial charge in [0.1, 0.15) is 24.0 Å². The maximum absolute atomic E-state index is 12.6. The van der Waals surface area contributed by atoms with Crippen molar-refractivity contribution in [3.63, 3.8) is 0 Å². The number of nitriles is 1. The van der Waals surface area contributed by atoms with Gasteiger partial charge in [-0.1, -0.05) is 42.5 Å². The summed E-state index contributed by atoms with van der Waals surface area (Å²) in [5.74, 6) is -0.0128. The van der Waals surface area contributed by atoms with Crippen molar-refractivity contribution < 1.29 is 14.5 Å². The summed E-state index contributed by atoms with van der Waals surface area (Å²) in [6.07, 6.45) is 1.45. The summed E-state index contributed by atoms with van der Waals surface area (Å²) >= 11 is 5.67. The number of anilines is 1. The van der Waals surface area contributed by atoms with Crippen molar-refractivity contribution in [2.45, 2.75) is 6.61 Å². The second-order valence-corrected chi connectivity index (χ2v) is 9.73. The third-order valence-electron chi connectivity index (χ3n) is 5.21. The fourth-order valence-corrected chi connectivity index (χ4v) is 5.26. The molecule has 4 rings (SSSR count). The molecule has 0 atom stereocenters. The van der Waals surface area contributed by atoms with Crippen LogP contribution >= 0.6 is 38.5 Å². The Morgan fingerprint density at radius 2 is 1.86 bits per heavy atom. The summed E-state index contributed by atoms with van der Waals surface area (Å²) in [7, 11) is 0. The van der Waals surface area contributed by atoms with Gasteiger partial charge < -0.3 is 10.1 Å². The molecule has 4 aromatic carbocycles. The zero-order chi connectivity index (χ0) is 25.7. The fraction of sp³-hybridized carbons (Fsp3) is 0.0370. The Labute approximate surface area is 228 Å². The number of carbonyl (C=O) groups is 1. The summed E-state index contributed by atoms with van der Waals surface area (Å²) in [5.41, 5.74) is 1.57. The van der Waals surface area contributed by atoms with Crippen LogP contribution in [0.1, 0.15) is 11.1 Å². The summed E-state index contributed by atoms with van der Waals surface area (Å²) in [6, 6.07) is 25.3. The number of carbonyl (C=O) groups excluding carboxylic acids is 1. The molecule has 4 aromatic rings. The second-order valence-electron chi connectivity index (χ2n) is 7.72. The number of rotatable bonds is 7.